The molecule has 0 atom stereocenters. The Labute approximate surface area is 116 Å². The van der Waals surface area contributed by atoms with Gasteiger partial charge in [-0.25, -0.2) is 0 Å². The van der Waals surface area contributed by atoms with Gasteiger partial charge in [-0.2, -0.15) is 0 Å². The summed E-state index contributed by atoms with van der Waals surface area (Å²) in [5, 5.41) is 3.13. The van der Waals surface area contributed by atoms with Crippen molar-refractivity contribution in [2.75, 3.05) is 13.6 Å². The highest BCUT2D eigenvalue weighted by Crippen LogP contribution is 2.30. The number of halogens is 3. The number of rotatable bonds is 6. The van der Waals surface area contributed by atoms with E-state index < -0.39 is 6.36 Å². The number of alkyl halides is 3. The van der Waals surface area contributed by atoms with Gasteiger partial charge in [-0.3, -0.25) is 0 Å². The normalized spacial score (nSPS) is 22.4. The molecule has 1 aliphatic rings. The van der Waals surface area contributed by atoms with E-state index in [9.17, 15) is 13.2 Å². The first-order valence-corrected chi connectivity index (χ1v) is 6.57. The molecule has 0 unspecified atom stereocenters. The number of benzene rings is 1. The van der Waals surface area contributed by atoms with Crippen molar-refractivity contribution in [2.24, 2.45) is 5.92 Å². The fourth-order valence-corrected chi connectivity index (χ4v) is 2.27. The van der Waals surface area contributed by atoms with Crippen molar-refractivity contribution in [3.8, 4) is 5.75 Å². The van der Waals surface area contributed by atoms with Gasteiger partial charge in [0.05, 0.1) is 12.7 Å². The summed E-state index contributed by atoms with van der Waals surface area (Å²) in [6, 6.07) is 5.78. The van der Waals surface area contributed by atoms with Gasteiger partial charge >= 0.3 is 6.36 Å². The minimum atomic E-state index is -4.65. The molecule has 0 heterocycles. The Morgan fingerprint density at radius 2 is 1.85 bits per heavy atom. The first kappa shape index (κ1) is 15.1. The van der Waals surface area contributed by atoms with E-state index in [4.69, 9.17) is 4.74 Å². The Hall–Kier alpha value is -1.27. The molecule has 1 N–H and O–H groups in total. The standard InChI is InChI=1S/C14H18F3NO2/c1-18-8-11-6-13(7-11)19-9-10-2-4-12(5-3-10)20-14(15,16)17/h2-5,11,13,18H,6-9H2,1H3. The molecule has 0 bridgehead atoms. The van der Waals surface area contributed by atoms with Gasteiger partial charge in [-0.15, -0.1) is 13.2 Å². The summed E-state index contributed by atoms with van der Waals surface area (Å²) in [6.45, 7) is 1.42. The fraction of sp³-hybridized carbons (Fsp3) is 0.571. The lowest BCUT2D eigenvalue weighted by Crippen LogP contribution is -2.36. The van der Waals surface area contributed by atoms with Crippen LogP contribution in [-0.2, 0) is 11.3 Å². The minimum absolute atomic E-state index is 0.209. The van der Waals surface area contributed by atoms with Crippen LogP contribution in [0.5, 0.6) is 5.75 Å². The molecule has 20 heavy (non-hydrogen) atoms. The van der Waals surface area contributed by atoms with Crippen molar-refractivity contribution >= 4 is 0 Å². The summed E-state index contributed by atoms with van der Waals surface area (Å²) in [5.74, 6) is 0.464. The van der Waals surface area contributed by atoms with Crippen LogP contribution in [-0.4, -0.2) is 26.1 Å². The second kappa shape index (κ2) is 6.45. The van der Waals surface area contributed by atoms with Crippen molar-refractivity contribution in [2.45, 2.75) is 31.9 Å². The summed E-state index contributed by atoms with van der Waals surface area (Å²) in [6.07, 6.45) is -2.31. The molecule has 0 aromatic heterocycles. The van der Waals surface area contributed by atoms with E-state index in [2.05, 4.69) is 10.1 Å². The average molecular weight is 289 g/mol. The molecule has 3 nitrogen and oxygen atoms in total. The van der Waals surface area contributed by atoms with E-state index in [0.717, 1.165) is 24.9 Å². The summed E-state index contributed by atoms with van der Waals surface area (Å²) >= 11 is 0. The lowest BCUT2D eigenvalue weighted by Gasteiger charge is -2.35. The first-order chi connectivity index (χ1) is 9.46. The highest BCUT2D eigenvalue weighted by molar-refractivity contribution is 5.27. The maximum atomic E-state index is 12.0. The Morgan fingerprint density at radius 3 is 2.40 bits per heavy atom. The topological polar surface area (TPSA) is 30.5 Å². The molecule has 112 valence electrons. The van der Waals surface area contributed by atoms with E-state index in [0.29, 0.717) is 12.5 Å². The second-order valence-electron chi connectivity index (χ2n) is 5.02. The molecule has 6 heteroatoms. The van der Waals surface area contributed by atoms with Crippen LogP contribution in [0.25, 0.3) is 0 Å². The molecular weight excluding hydrogens is 271 g/mol. The van der Waals surface area contributed by atoms with Crippen LogP contribution in [0.4, 0.5) is 13.2 Å². The van der Waals surface area contributed by atoms with Gasteiger partial charge in [0, 0.05) is 0 Å². The van der Waals surface area contributed by atoms with Gasteiger partial charge in [0.15, 0.2) is 0 Å². The molecule has 1 aliphatic carbocycles. The molecule has 0 radical (unpaired) electrons. The Morgan fingerprint density at radius 1 is 1.20 bits per heavy atom. The number of ether oxygens (including phenoxy) is 2. The maximum absolute atomic E-state index is 12.0. The first-order valence-electron chi connectivity index (χ1n) is 6.57. The second-order valence-corrected chi connectivity index (χ2v) is 5.02. The SMILES string of the molecule is CNCC1CC(OCc2ccc(OC(F)(F)F)cc2)C1. The monoisotopic (exact) mass is 289 g/mol. The molecule has 1 saturated carbocycles. The maximum Gasteiger partial charge on any atom is 0.573 e. The van der Waals surface area contributed by atoms with Gasteiger partial charge in [0.25, 0.3) is 0 Å². The predicted octanol–water partition coefficient (Wildman–Crippen LogP) is 3.10. The Balaban J connectivity index is 1.72. The number of nitrogens with one attached hydrogen (secondary N) is 1. The summed E-state index contributed by atoms with van der Waals surface area (Å²) < 4.78 is 45.5. The van der Waals surface area contributed by atoms with E-state index in [1.807, 2.05) is 7.05 Å². The highest BCUT2D eigenvalue weighted by atomic mass is 19.4. The van der Waals surface area contributed by atoms with Crippen LogP contribution >= 0.6 is 0 Å². The van der Waals surface area contributed by atoms with Crippen LogP contribution in [0.3, 0.4) is 0 Å². The fourth-order valence-electron chi connectivity index (χ4n) is 2.27. The van der Waals surface area contributed by atoms with Gasteiger partial charge in [0.2, 0.25) is 0 Å². The lowest BCUT2D eigenvalue weighted by atomic mass is 9.82. The third-order valence-corrected chi connectivity index (χ3v) is 3.33. The highest BCUT2D eigenvalue weighted by Gasteiger charge is 2.31. The molecule has 1 aromatic rings. The molecular formula is C14H18F3NO2. The molecule has 1 aromatic carbocycles. The van der Waals surface area contributed by atoms with Crippen molar-refractivity contribution in [3.05, 3.63) is 29.8 Å². The van der Waals surface area contributed by atoms with E-state index in [-0.39, 0.29) is 11.9 Å². The van der Waals surface area contributed by atoms with Gasteiger partial charge < -0.3 is 14.8 Å². The molecule has 0 saturated heterocycles. The minimum Gasteiger partial charge on any atom is -0.406 e. The third kappa shape index (κ3) is 4.68. The van der Waals surface area contributed by atoms with Crippen LogP contribution in [0.1, 0.15) is 18.4 Å². The van der Waals surface area contributed by atoms with Crippen LogP contribution in [0, 0.1) is 5.92 Å². The van der Waals surface area contributed by atoms with Crippen molar-refractivity contribution in [1.82, 2.24) is 5.32 Å². The average Bonchev–Trinajstić information content (AvgIpc) is 2.32. The van der Waals surface area contributed by atoms with Crippen molar-refractivity contribution in [3.63, 3.8) is 0 Å². The zero-order chi connectivity index (χ0) is 14.6. The van der Waals surface area contributed by atoms with Crippen molar-refractivity contribution in [1.29, 1.82) is 0 Å². The lowest BCUT2D eigenvalue weighted by molar-refractivity contribution is -0.274. The van der Waals surface area contributed by atoms with Gasteiger partial charge in [0.1, 0.15) is 5.75 Å². The Bertz CT molecular complexity index is 413. The molecule has 0 aliphatic heterocycles. The van der Waals surface area contributed by atoms with E-state index >= 15 is 0 Å². The zero-order valence-electron chi connectivity index (χ0n) is 11.2. The third-order valence-electron chi connectivity index (χ3n) is 3.33. The van der Waals surface area contributed by atoms with Crippen LogP contribution < -0.4 is 10.1 Å². The molecule has 0 amide bonds. The molecule has 1 fully saturated rings. The van der Waals surface area contributed by atoms with Gasteiger partial charge in [-0.05, 0) is 50.0 Å². The zero-order valence-corrected chi connectivity index (χ0v) is 11.2. The van der Waals surface area contributed by atoms with Gasteiger partial charge in [-0.1, -0.05) is 12.1 Å². The number of hydrogen-bond acceptors (Lipinski definition) is 3. The summed E-state index contributed by atoms with van der Waals surface area (Å²) in [4.78, 5) is 0. The van der Waals surface area contributed by atoms with E-state index in [1.165, 1.54) is 12.1 Å². The smallest absolute Gasteiger partial charge is 0.406 e. The summed E-state index contributed by atoms with van der Waals surface area (Å²) in [5.41, 5.74) is 0.844. The predicted molar refractivity (Wildman–Crippen MR) is 68.4 cm³/mol. The van der Waals surface area contributed by atoms with Crippen LogP contribution in [0.2, 0.25) is 0 Å². The van der Waals surface area contributed by atoms with Crippen molar-refractivity contribution < 1.29 is 22.6 Å². The van der Waals surface area contributed by atoms with E-state index in [1.54, 1.807) is 12.1 Å². The Kier molecular flexibility index (Phi) is 4.88. The molecule has 0 spiro atoms. The summed E-state index contributed by atoms with van der Waals surface area (Å²) in [7, 11) is 1.93. The quantitative estimate of drug-likeness (QED) is 0.873. The van der Waals surface area contributed by atoms with Crippen LogP contribution in [0.15, 0.2) is 24.3 Å². The number of hydrogen-bond donors (Lipinski definition) is 1. The largest absolute Gasteiger partial charge is 0.573 e. The molecule has 2 rings (SSSR count).